The van der Waals surface area contributed by atoms with Gasteiger partial charge in [-0.2, -0.15) is 5.10 Å². The van der Waals surface area contributed by atoms with Gasteiger partial charge in [-0.3, -0.25) is 5.10 Å². The van der Waals surface area contributed by atoms with Gasteiger partial charge in [0.1, 0.15) is 0 Å². The third-order valence-corrected chi connectivity index (χ3v) is 3.61. The smallest absolute Gasteiger partial charge is 0.195 e. The summed E-state index contributed by atoms with van der Waals surface area (Å²) in [6, 6.07) is 8.38. The Morgan fingerprint density at radius 2 is 2.06 bits per heavy atom. The Morgan fingerprint density at radius 1 is 1.35 bits per heavy atom. The largest absolute Gasteiger partial charge is 0.300 e. The van der Waals surface area contributed by atoms with Gasteiger partial charge < -0.3 is 4.57 Å². The zero-order chi connectivity index (χ0) is 12.3. The van der Waals surface area contributed by atoms with E-state index in [1.165, 1.54) is 4.90 Å². The highest BCUT2D eigenvalue weighted by molar-refractivity contribution is 7.98. The van der Waals surface area contributed by atoms with Gasteiger partial charge in [0, 0.05) is 17.0 Å². The van der Waals surface area contributed by atoms with Crippen LogP contribution in [0.3, 0.4) is 0 Å². The van der Waals surface area contributed by atoms with Crippen molar-refractivity contribution in [1.82, 2.24) is 14.8 Å². The molecule has 2 aromatic rings. The first kappa shape index (κ1) is 12.4. The van der Waals surface area contributed by atoms with Crippen LogP contribution in [0, 0.1) is 4.77 Å². The molecule has 0 aliphatic carbocycles. The lowest BCUT2D eigenvalue weighted by Crippen LogP contribution is -1.99. The van der Waals surface area contributed by atoms with Gasteiger partial charge in [0.05, 0.1) is 0 Å². The van der Waals surface area contributed by atoms with Crippen molar-refractivity contribution in [1.29, 1.82) is 0 Å². The second-order valence-corrected chi connectivity index (χ2v) is 5.00. The van der Waals surface area contributed by atoms with E-state index in [9.17, 15) is 0 Å². The molecule has 90 valence electrons. The molecule has 0 spiro atoms. The summed E-state index contributed by atoms with van der Waals surface area (Å²) in [7, 11) is 0. The lowest BCUT2D eigenvalue weighted by Gasteiger charge is -2.05. The molecule has 1 N–H and O–H groups in total. The van der Waals surface area contributed by atoms with E-state index in [1.807, 2.05) is 4.57 Å². The van der Waals surface area contributed by atoms with E-state index in [0.29, 0.717) is 4.77 Å². The number of hydrogen-bond donors (Lipinski definition) is 1. The summed E-state index contributed by atoms with van der Waals surface area (Å²) in [5.74, 6) is 0.921. The molecule has 0 saturated carbocycles. The Kier molecular flexibility index (Phi) is 4.02. The van der Waals surface area contributed by atoms with Crippen molar-refractivity contribution in [3.63, 3.8) is 0 Å². The second kappa shape index (κ2) is 5.51. The quantitative estimate of drug-likeness (QED) is 0.675. The van der Waals surface area contributed by atoms with Crippen LogP contribution in [0.15, 0.2) is 29.2 Å². The highest BCUT2D eigenvalue weighted by atomic mass is 32.2. The highest BCUT2D eigenvalue weighted by Gasteiger charge is 2.07. The van der Waals surface area contributed by atoms with Crippen LogP contribution in [-0.2, 0) is 6.54 Å². The summed E-state index contributed by atoms with van der Waals surface area (Å²) in [6.07, 6.45) is 3.12. The van der Waals surface area contributed by atoms with Gasteiger partial charge in [-0.15, -0.1) is 11.8 Å². The third-order valence-electron chi connectivity index (χ3n) is 2.55. The van der Waals surface area contributed by atoms with Crippen LogP contribution in [0.4, 0.5) is 0 Å². The fourth-order valence-corrected chi connectivity index (χ4v) is 2.34. The van der Waals surface area contributed by atoms with E-state index in [4.69, 9.17) is 12.2 Å². The molecular weight excluding hydrogens is 250 g/mol. The lowest BCUT2D eigenvalue weighted by atomic mass is 10.2. The minimum Gasteiger partial charge on any atom is -0.300 e. The molecule has 0 unspecified atom stereocenters. The zero-order valence-electron chi connectivity index (χ0n) is 9.93. The molecule has 0 amide bonds. The molecule has 3 nitrogen and oxygen atoms in total. The van der Waals surface area contributed by atoms with E-state index >= 15 is 0 Å². The molecule has 0 atom stereocenters. The summed E-state index contributed by atoms with van der Waals surface area (Å²) in [5, 5.41) is 7.16. The molecule has 0 radical (unpaired) electrons. The maximum atomic E-state index is 5.23. The molecule has 0 saturated heterocycles. The molecule has 0 aliphatic heterocycles. The predicted molar refractivity (Wildman–Crippen MR) is 74.9 cm³/mol. The predicted octanol–water partition coefficient (Wildman–Crippen LogP) is 3.74. The number of rotatable bonds is 4. The monoisotopic (exact) mass is 265 g/mol. The normalized spacial score (nSPS) is 10.7. The Morgan fingerprint density at radius 3 is 2.65 bits per heavy atom. The van der Waals surface area contributed by atoms with Gasteiger partial charge in [0.15, 0.2) is 10.6 Å². The first-order valence-corrected chi connectivity index (χ1v) is 7.19. The van der Waals surface area contributed by atoms with Crippen molar-refractivity contribution in [3.05, 3.63) is 29.0 Å². The van der Waals surface area contributed by atoms with Crippen LogP contribution in [0.1, 0.15) is 13.3 Å². The molecular formula is C12H15N3S2. The summed E-state index contributed by atoms with van der Waals surface area (Å²) in [4.78, 5) is 1.25. The number of nitrogens with zero attached hydrogens (tertiary/aromatic N) is 2. The number of aromatic nitrogens is 3. The zero-order valence-corrected chi connectivity index (χ0v) is 11.6. The number of hydrogen-bond acceptors (Lipinski definition) is 3. The standard InChI is InChI=1S/C12H15N3S2/c1-3-8-15-11(13-14-12(15)16)9-4-6-10(17-2)7-5-9/h4-7H,3,8H2,1-2H3,(H,14,16). The van der Waals surface area contributed by atoms with Gasteiger partial charge in [0.2, 0.25) is 0 Å². The molecule has 0 fully saturated rings. The highest BCUT2D eigenvalue weighted by Crippen LogP contribution is 2.21. The Balaban J connectivity index is 2.41. The second-order valence-electron chi connectivity index (χ2n) is 3.73. The summed E-state index contributed by atoms with van der Waals surface area (Å²) in [6.45, 7) is 3.03. The average Bonchev–Trinajstić information content (AvgIpc) is 2.72. The van der Waals surface area contributed by atoms with Crippen LogP contribution in [0.2, 0.25) is 0 Å². The number of aromatic amines is 1. The maximum Gasteiger partial charge on any atom is 0.195 e. The minimum atomic E-state index is 0.691. The van der Waals surface area contributed by atoms with Gasteiger partial charge in [-0.05, 0) is 37.0 Å². The lowest BCUT2D eigenvalue weighted by molar-refractivity contribution is 0.675. The Labute approximate surface area is 110 Å². The third kappa shape index (κ3) is 2.61. The van der Waals surface area contributed by atoms with Crippen LogP contribution in [0.5, 0.6) is 0 Å². The van der Waals surface area contributed by atoms with Crippen molar-refractivity contribution in [2.75, 3.05) is 6.26 Å². The van der Waals surface area contributed by atoms with E-state index in [1.54, 1.807) is 11.8 Å². The Hall–Kier alpha value is -1.07. The van der Waals surface area contributed by atoms with E-state index in [-0.39, 0.29) is 0 Å². The van der Waals surface area contributed by atoms with Crippen LogP contribution >= 0.6 is 24.0 Å². The fourth-order valence-electron chi connectivity index (χ4n) is 1.71. The summed E-state index contributed by atoms with van der Waals surface area (Å²) >= 11 is 6.96. The minimum absolute atomic E-state index is 0.691. The topological polar surface area (TPSA) is 33.6 Å². The van der Waals surface area contributed by atoms with Crippen LogP contribution in [0.25, 0.3) is 11.4 Å². The number of H-pyrrole nitrogens is 1. The Bertz CT molecular complexity index is 540. The molecule has 1 aromatic heterocycles. The van der Waals surface area contributed by atoms with E-state index in [0.717, 1.165) is 24.4 Å². The molecule has 1 heterocycles. The molecule has 0 aliphatic rings. The average molecular weight is 265 g/mol. The van der Waals surface area contributed by atoms with Gasteiger partial charge in [0.25, 0.3) is 0 Å². The SMILES string of the molecule is CCCn1c(-c2ccc(SC)cc2)n[nH]c1=S. The van der Waals surface area contributed by atoms with Crippen molar-refractivity contribution in [2.45, 2.75) is 24.8 Å². The van der Waals surface area contributed by atoms with Crippen molar-refractivity contribution in [2.24, 2.45) is 0 Å². The maximum absolute atomic E-state index is 5.23. The van der Waals surface area contributed by atoms with Crippen molar-refractivity contribution < 1.29 is 0 Å². The van der Waals surface area contributed by atoms with Crippen molar-refractivity contribution >= 4 is 24.0 Å². The van der Waals surface area contributed by atoms with E-state index < -0.39 is 0 Å². The fraction of sp³-hybridized carbons (Fsp3) is 0.333. The van der Waals surface area contributed by atoms with Crippen LogP contribution < -0.4 is 0 Å². The molecule has 5 heteroatoms. The van der Waals surface area contributed by atoms with Gasteiger partial charge in [-0.1, -0.05) is 19.1 Å². The first-order valence-electron chi connectivity index (χ1n) is 5.56. The van der Waals surface area contributed by atoms with Crippen LogP contribution in [-0.4, -0.2) is 21.0 Å². The molecule has 1 aromatic carbocycles. The number of thioether (sulfide) groups is 1. The summed E-state index contributed by atoms with van der Waals surface area (Å²) in [5.41, 5.74) is 1.10. The molecule has 17 heavy (non-hydrogen) atoms. The molecule has 0 bridgehead atoms. The number of benzene rings is 1. The molecule has 2 rings (SSSR count). The number of nitrogens with one attached hydrogen (secondary N) is 1. The van der Waals surface area contributed by atoms with E-state index in [2.05, 4.69) is 47.6 Å². The summed E-state index contributed by atoms with van der Waals surface area (Å²) < 4.78 is 2.74. The first-order chi connectivity index (χ1) is 8.26. The van der Waals surface area contributed by atoms with Gasteiger partial charge >= 0.3 is 0 Å². The van der Waals surface area contributed by atoms with Crippen molar-refractivity contribution in [3.8, 4) is 11.4 Å². The van der Waals surface area contributed by atoms with Gasteiger partial charge in [-0.25, -0.2) is 0 Å².